The van der Waals surface area contributed by atoms with Gasteiger partial charge >= 0.3 is 0 Å². The molecule has 0 fully saturated rings. The normalized spacial score (nSPS) is 12.3. The summed E-state index contributed by atoms with van der Waals surface area (Å²) in [6.45, 7) is 4.33. The van der Waals surface area contributed by atoms with Crippen LogP contribution in [0.1, 0.15) is 25.3 Å². The highest BCUT2D eigenvalue weighted by atomic mass is 32.1. The fraction of sp³-hybridized carbons (Fsp3) is 0.0566. The van der Waals surface area contributed by atoms with Gasteiger partial charge in [-0.25, -0.2) is 0 Å². The first-order chi connectivity index (χ1) is 27.2. The highest BCUT2D eigenvalue weighted by Gasteiger charge is 2.19. The van der Waals surface area contributed by atoms with Crippen LogP contribution in [0.5, 0.6) is 0 Å². The van der Waals surface area contributed by atoms with Crippen LogP contribution in [0, 0.1) is 0 Å². The predicted molar refractivity (Wildman–Crippen MR) is 240 cm³/mol. The van der Waals surface area contributed by atoms with Crippen LogP contribution in [0.3, 0.4) is 0 Å². The smallest absolute Gasteiger partial charge is 0.0540 e. The van der Waals surface area contributed by atoms with E-state index in [-0.39, 0.29) is 5.92 Å². The van der Waals surface area contributed by atoms with Gasteiger partial charge in [-0.2, -0.15) is 0 Å². The van der Waals surface area contributed by atoms with Gasteiger partial charge in [0.2, 0.25) is 0 Å². The molecule has 0 saturated heterocycles. The quantitative estimate of drug-likeness (QED) is 0.134. The van der Waals surface area contributed by atoms with Gasteiger partial charge in [0.15, 0.2) is 0 Å². The second-order valence-corrected chi connectivity index (χ2v) is 15.2. The van der Waals surface area contributed by atoms with Crippen molar-refractivity contribution in [2.45, 2.75) is 19.8 Å². The lowest BCUT2D eigenvalue weighted by Crippen LogP contribution is -2.11. The molecular formula is C53H41NS. The van der Waals surface area contributed by atoms with Crippen molar-refractivity contribution >= 4 is 59.3 Å². The summed E-state index contributed by atoms with van der Waals surface area (Å²) in [4.78, 5) is 2.41. The molecule has 0 spiro atoms. The molecule has 9 aromatic rings. The Morgan fingerprint density at radius 2 is 1.00 bits per heavy atom. The summed E-state index contributed by atoms with van der Waals surface area (Å²) in [6.07, 6.45) is 8.60. The zero-order valence-corrected chi connectivity index (χ0v) is 31.9. The van der Waals surface area contributed by atoms with Crippen molar-refractivity contribution in [3.63, 3.8) is 0 Å². The standard InChI is InChI=1S/C53H41NS/c1-3-4-7-16-37(2)44-33-34-51(46-22-13-12-21-45(44)46)54(42-29-25-39(26-30-42)38-17-8-5-9-18-38)43-31-27-41(28-32-43)49-36-53-50(47-23-14-15-24-52(47)55-53)35-48(49)40-19-10-6-11-20-40/h3-37H,1-2H3/b4-3-,16-7-. The largest absolute Gasteiger partial charge is 0.310 e. The maximum Gasteiger partial charge on any atom is 0.0540 e. The molecule has 1 unspecified atom stereocenters. The Morgan fingerprint density at radius 3 is 1.69 bits per heavy atom. The molecule has 55 heavy (non-hydrogen) atoms. The van der Waals surface area contributed by atoms with Crippen LogP contribution in [0.25, 0.3) is 64.3 Å². The van der Waals surface area contributed by atoms with E-state index in [0.29, 0.717) is 0 Å². The number of fused-ring (bicyclic) bond motifs is 4. The summed E-state index contributed by atoms with van der Waals surface area (Å²) in [5.41, 5.74) is 12.0. The fourth-order valence-corrected chi connectivity index (χ4v) is 8.99. The van der Waals surface area contributed by atoms with Crippen LogP contribution in [-0.4, -0.2) is 0 Å². The minimum Gasteiger partial charge on any atom is -0.310 e. The van der Waals surface area contributed by atoms with Crippen LogP contribution in [0.4, 0.5) is 17.1 Å². The highest BCUT2D eigenvalue weighted by molar-refractivity contribution is 7.25. The van der Waals surface area contributed by atoms with Gasteiger partial charge in [0.1, 0.15) is 0 Å². The number of rotatable bonds is 9. The summed E-state index contributed by atoms with van der Waals surface area (Å²) in [7, 11) is 0. The van der Waals surface area contributed by atoms with Gasteiger partial charge in [-0.3, -0.25) is 0 Å². The number of hydrogen-bond donors (Lipinski definition) is 0. The van der Waals surface area contributed by atoms with Crippen LogP contribution < -0.4 is 4.90 Å². The van der Waals surface area contributed by atoms with Gasteiger partial charge in [-0.1, -0.05) is 165 Å². The van der Waals surface area contributed by atoms with Crippen molar-refractivity contribution in [2.75, 3.05) is 4.90 Å². The molecule has 0 bridgehead atoms. The Hall–Kier alpha value is -6.48. The summed E-state index contributed by atoms with van der Waals surface area (Å²) in [5.74, 6) is 0.269. The van der Waals surface area contributed by atoms with Crippen LogP contribution >= 0.6 is 11.3 Å². The molecule has 0 amide bonds. The van der Waals surface area contributed by atoms with Crippen molar-refractivity contribution in [3.05, 3.63) is 212 Å². The number of allylic oxidation sites excluding steroid dienone is 4. The molecule has 2 heteroatoms. The average Bonchev–Trinajstić information content (AvgIpc) is 3.62. The Kier molecular flexibility index (Phi) is 9.42. The van der Waals surface area contributed by atoms with Crippen molar-refractivity contribution in [3.8, 4) is 33.4 Å². The molecule has 8 aromatic carbocycles. The van der Waals surface area contributed by atoms with Crippen LogP contribution in [-0.2, 0) is 0 Å². The van der Waals surface area contributed by atoms with Gasteiger partial charge in [0.25, 0.3) is 0 Å². The number of benzene rings is 8. The molecule has 264 valence electrons. The first-order valence-electron chi connectivity index (χ1n) is 19.0. The number of nitrogens with zero attached hydrogens (tertiary/aromatic N) is 1. The van der Waals surface area contributed by atoms with E-state index in [4.69, 9.17) is 0 Å². The van der Waals surface area contributed by atoms with Crippen molar-refractivity contribution in [1.82, 2.24) is 0 Å². The van der Waals surface area contributed by atoms with Crippen molar-refractivity contribution < 1.29 is 0 Å². The lowest BCUT2D eigenvalue weighted by Gasteiger charge is -2.28. The molecule has 0 N–H and O–H groups in total. The average molecular weight is 724 g/mol. The maximum absolute atomic E-state index is 2.41. The molecular weight excluding hydrogens is 683 g/mol. The third-order valence-corrected chi connectivity index (χ3v) is 11.8. The minimum atomic E-state index is 0.269. The summed E-state index contributed by atoms with van der Waals surface area (Å²) >= 11 is 1.87. The monoisotopic (exact) mass is 723 g/mol. The number of thiophene rings is 1. The maximum atomic E-state index is 2.41. The van der Waals surface area contributed by atoms with E-state index in [0.717, 1.165) is 17.1 Å². The summed E-state index contributed by atoms with van der Waals surface area (Å²) in [6, 6.07) is 66.6. The highest BCUT2D eigenvalue weighted by Crippen LogP contribution is 2.45. The lowest BCUT2D eigenvalue weighted by molar-refractivity contribution is 0.980. The molecule has 0 saturated carbocycles. The van der Waals surface area contributed by atoms with E-state index in [1.165, 1.54) is 69.9 Å². The topological polar surface area (TPSA) is 3.24 Å². The van der Waals surface area contributed by atoms with Crippen LogP contribution in [0.15, 0.2) is 206 Å². The van der Waals surface area contributed by atoms with Gasteiger partial charge in [0.05, 0.1) is 5.69 Å². The first kappa shape index (κ1) is 34.3. The number of anilines is 3. The molecule has 0 aliphatic carbocycles. The number of hydrogen-bond acceptors (Lipinski definition) is 2. The third-order valence-electron chi connectivity index (χ3n) is 10.6. The van der Waals surface area contributed by atoms with Gasteiger partial charge in [0, 0.05) is 36.9 Å². The molecule has 1 atom stereocenters. The van der Waals surface area contributed by atoms with Crippen molar-refractivity contribution in [2.24, 2.45) is 0 Å². The lowest BCUT2D eigenvalue weighted by atomic mass is 9.92. The Labute approximate surface area is 327 Å². The Balaban J connectivity index is 1.19. The van der Waals surface area contributed by atoms with Gasteiger partial charge < -0.3 is 4.90 Å². The van der Waals surface area contributed by atoms with E-state index in [2.05, 4.69) is 225 Å². The molecule has 1 nitrogen and oxygen atoms in total. The second-order valence-electron chi connectivity index (χ2n) is 14.1. The molecule has 1 aromatic heterocycles. The van der Waals surface area contributed by atoms with E-state index >= 15 is 0 Å². The molecule has 9 rings (SSSR count). The molecule has 0 radical (unpaired) electrons. The summed E-state index contributed by atoms with van der Waals surface area (Å²) < 4.78 is 2.63. The zero-order valence-electron chi connectivity index (χ0n) is 31.1. The Bertz CT molecular complexity index is 2810. The van der Waals surface area contributed by atoms with E-state index in [1.807, 2.05) is 11.3 Å². The van der Waals surface area contributed by atoms with Gasteiger partial charge in [-0.15, -0.1) is 11.3 Å². The minimum absolute atomic E-state index is 0.269. The fourth-order valence-electron chi connectivity index (χ4n) is 7.86. The van der Waals surface area contributed by atoms with Gasteiger partial charge in [-0.05, 0) is 106 Å². The second kappa shape index (κ2) is 15.1. The Morgan fingerprint density at radius 1 is 0.455 bits per heavy atom. The zero-order chi connectivity index (χ0) is 37.1. The summed E-state index contributed by atoms with van der Waals surface area (Å²) in [5, 5.41) is 5.12. The van der Waals surface area contributed by atoms with Crippen LogP contribution in [0.2, 0.25) is 0 Å². The van der Waals surface area contributed by atoms with Crippen molar-refractivity contribution in [1.29, 1.82) is 0 Å². The molecule has 0 aliphatic heterocycles. The van der Waals surface area contributed by atoms with E-state index in [1.54, 1.807) is 0 Å². The van der Waals surface area contributed by atoms with E-state index < -0.39 is 0 Å². The molecule has 0 aliphatic rings. The first-order valence-corrected chi connectivity index (χ1v) is 19.9. The SMILES string of the molecule is C/C=C\C=C/C(C)c1ccc(N(c2ccc(-c3ccccc3)cc2)c2ccc(-c3cc4sc5ccccc5c4cc3-c3ccccc3)cc2)c2ccccc12. The third kappa shape index (κ3) is 6.67. The van der Waals surface area contributed by atoms with E-state index in [9.17, 15) is 0 Å². The predicted octanol–water partition coefficient (Wildman–Crippen LogP) is 15.9. The molecule has 1 heterocycles.